The Bertz CT molecular complexity index is 435. The summed E-state index contributed by atoms with van der Waals surface area (Å²) in [6.07, 6.45) is 0.783. The molecule has 2 unspecified atom stereocenters. The number of aryl methyl sites for hydroxylation is 2. The smallest absolute Gasteiger partial charge is 0.130 e. The molecule has 5 nitrogen and oxygen atoms in total. The van der Waals surface area contributed by atoms with Gasteiger partial charge in [-0.05, 0) is 19.9 Å². The molecule has 2 N–H and O–H groups in total. The maximum Gasteiger partial charge on any atom is 0.130 e. The van der Waals surface area contributed by atoms with Crippen molar-refractivity contribution in [1.29, 1.82) is 0 Å². The number of hydrogen-bond donors (Lipinski definition) is 1. The van der Waals surface area contributed by atoms with E-state index in [1.165, 1.54) is 0 Å². The molecule has 19 heavy (non-hydrogen) atoms. The van der Waals surface area contributed by atoms with Crippen molar-refractivity contribution >= 4 is 11.6 Å². The average Bonchev–Trinajstić information content (AvgIpc) is 2.65. The van der Waals surface area contributed by atoms with Gasteiger partial charge in [0, 0.05) is 31.7 Å². The third kappa shape index (κ3) is 3.28. The van der Waals surface area contributed by atoms with E-state index in [1.807, 2.05) is 14.0 Å². The second kappa shape index (κ2) is 6.22. The lowest BCUT2D eigenvalue weighted by Gasteiger charge is -2.35. The van der Waals surface area contributed by atoms with Crippen LogP contribution < -0.4 is 5.73 Å². The second-order valence-electron chi connectivity index (χ2n) is 5.15. The van der Waals surface area contributed by atoms with E-state index in [-0.39, 0.29) is 12.1 Å². The molecule has 1 fully saturated rings. The summed E-state index contributed by atoms with van der Waals surface area (Å²) in [5.41, 5.74) is 8.28. The van der Waals surface area contributed by atoms with Gasteiger partial charge in [0.25, 0.3) is 0 Å². The van der Waals surface area contributed by atoms with Gasteiger partial charge in [0.1, 0.15) is 5.15 Å². The average molecular weight is 287 g/mol. The van der Waals surface area contributed by atoms with Gasteiger partial charge in [-0.25, -0.2) is 0 Å². The lowest BCUT2D eigenvalue weighted by molar-refractivity contribution is -0.0385. The molecule has 0 bridgehead atoms. The summed E-state index contributed by atoms with van der Waals surface area (Å²) in [4.78, 5) is 2.37. The summed E-state index contributed by atoms with van der Waals surface area (Å²) in [5.74, 6) is 0. The highest BCUT2D eigenvalue weighted by Gasteiger charge is 2.27. The SMILES string of the molecule is CCN1CCOC(C(N)Cc2c(C)nn(C)c2Cl)C1. The summed E-state index contributed by atoms with van der Waals surface area (Å²) in [5, 5.41) is 4.99. The molecule has 1 aliphatic rings. The molecule has 0 saturated carbocycles. The Balaban J connectivity index is 2.02. The van der Waals surface area contributed by atoms with Crippen LogP contribution in [0.3, 0.4) is 0 Å². The van der Waals surface area contributed by atoms with Crippen LogP contribution in [0.25, 0.3) is 0 Å². The predicted molar refractivity (Wildman–Crippen MR) is 76.5 cm³/mol. The molecule has 108 valence electrons. The number of rotatable bonds is 4. The van der Waals surface area contributed by atoms with E-state index in [1.54, 1.807) is 4.68 Å². The zero-order valence-corrected chi connectivity index (χ0v) is 12.7. The van der Waals surface area contributed by atoms with E-state index in [2.05, 4.69) is 16.9 Å². The summed E-state index contributed by atoms with van der Waals surface area (Å²) >= 11 is 6.25. The molecule has 2 rings (SSSR count). The van der Waals surface area contributed by atoms with Crippen molar-refractivity contribution in [2.75, 3.05) is 26.2 Å². The zero-order valence-electron chi connectivity index (χ0n) is 11.9. The van der Waals surface area contributed by atoms with Crippen LogP contribution in [0.15, 0.2) is 0 Å². The van der Waals surface area contributed by atoms with Crippen molar-refractivity contribution in [3.63, 3.8) is 0 Å². The number of halogens is 1. The number of morpholine rings is 1. The topological polar surface area (TPSA) is 56.3 Å². The van der Waals surface area contributed by atoms with Gasteiger partial charge < -0.3 is 10.5 Å². The van der Waals surface area contributed by atoms with E-state index < -0.39 is 0 Å². The van der Waals surface area contributed by atoms with Crippen molar-refractivity contribution in [1.82, 2.24) is 14.7 Å². The molecular weight excluding hydrogens is 264 g/mol. The van der Waals surface area contributed by atoms with Crippen LogP contribution >= 0.6 is 11.6 Å². The standard InChI is InChI=1S/C13H23ClN4O/c1-4-18-5-6-19-12(8-18)11(15)7-10-9(2)16-17(3)13(10)14/h11-12H,4-8,15H2,1-3H3. The molecule has 0 aliphatic carbocycles. The molecule has 0 spiro atoms. The monoisotopic (exact) mass is 286 g/mol. The number of ether oxygens (including phenoxy) is 1. The zero-order chi connectivity index (χ0) is 14.0. The van der Waals surface area contributed by atoms with Gasteiger partial charge in [-0.1, -0.05) is 18.5 Å². The van der Waals surface area contributed by atoms with E-state index >= 15 is 0 Å². The Hall–Kier alpha value is -0.620. The molecule has 6 heteroatoms. The van der Waals surface area contributed by atoms with Crippen LogP contribution in [0.4, 0.5) is 0 Å². The molecule has 1 aromatic rings. The lowest BCUT2D eigenvalue weighted by Crippen LogP contribution is -2.51. The number of nitrogens with two attached hydrogens (primary N) is 1. The quantitative estimate of drug-likeness (QED) is 0.896. The normalized spacial score (nSPS) is 22.7. The second-order valence-corrected chi connectivity index (χ2v) is 5.51. The number of hydrogen-bond acceptors (Lipinski definition) is 4. The summed E-state index contributed by atoms with van der Waals surface area (Å²) in [7, 11) is 1.85. The fourth-order valence-corrected chi connectivity index (χ4v) is 2.80. The van der Waals surface area contributed by atoms with Gasteiger partial charge in [-0.15, -0.1) is 0 Å². The van der Waals surface area contributed by atoms with Crippen molar-refractivity contribution < 1.29 is 4.74 Å². The van der Waals surface area contributed by atoms with E-state index in [4.69, 9.17) is 22.1 Å². The van der Waals surface area contributed by atoms with Gasteiger partial charge in [-0.2, -0.15) is 5.10 Å². The summed E-state index contributed by atoms with van der Waals surface area (Å²) in [6, 6.07) is -0.0465. The molecule has 1 aliphatic heterocycles. The largest absolute Gasteiger partial charge is 0.374 e. The van der Waals surface area contributed by atoms with Crippen LogP contribution in [0.2, 0.25) is 5.15 Å². The fourth-order valence-electron chi connectivity index (χ4n) is 2.55. The Morgan fingerprint density at radius 3 is 2.89 bits per heavy atom. The third-order valence-electron chi connectivity index (χ3n) is 3.81. The minimum Gasteiger partial charge on any atom is -0.374 e. The maximum atomic E-state index is 6.30. The van der Waals surface area contributed by atoms with Gasteiger partial charge in [-0.3, -0.25) is 9.58 Å². The molecule has 0 radical (unpaired) electrons. The van der Waals surface area contributed by atoms with E-state index in [0.717, 1.165) is 37.5 Å². The fraction of sp³-hybridized carbons (Fsp3) is 0.769. The van der Waals surface area contributed by atoms with E-state index in [9.17, 15) is 0 Å². The Morgan fingerprint density at radius 1 is 1.58 bits per heavy atom. The van der Waals surface area contributed by atoms with Gasteiger partial charge in [0.05, 0.1) is 18.4 Å². The Morgan fingerprint density at radius 2 is 2.32 bits per heavy atom. The number of nitrogens with zero attached hydrogens (tertiary/aromatic N) is 3. The highest BCUT2D eigenvalue weighted by Crippen LogP contribution is 2.21. The molecule has 0 aromatic carbocycles. The molecule has 2 heterocycles. The molecule has 1 aromatic heterocycles. The number of aromatic nitrogens is 2. The van der Waals surface area contributed by atoms with Crippen molar-refractivity contribution in [3.8, 4) is 0 Å². The van der Waals surface area contributed by atoms with Gasteiger partial charge >= 0.3 is 0 Å². The van der Waals surface area contributed by atoms with Crippen LogP contribution in [0, 0.1) is 6.92 Å². The maximum absolute atomic E-state index is 6.30. The van der Waals surface area contributed by atoms with E-state index in [0.29, 0.717) is 11.6 Å². The molecule has 0 amide bonds. The van der Waals surface area contributed by atoms with Crippen molar-refractivity contribution in [3.05, 3.63) is 16.4 Å². The Kier molecular flexibility index (Phi) is 4.84. The van der Waals surface area contributed by atoms with Crippen LogP contribution in [0.1, 0.15) is 18.2 Å². The number of likely N-dealkylation sites (N-methyl/N-ethyl adjacent to an activating group) is 1. The first-order chi connectivity index (χ1) is 9.02. The van der Waals surface area contributed by atoms with Crippen LogP contribution in [-0.4, -0.2) is 53.1 Å². The predicted octanol–water partition coefficient (Wildman–Crippen LogP) is 0.972. The van der Waals surface area contributed by atoms with Crippen LogP contribution in [0.5, 0.6) is 0 Å². The highest BCUT2D eigenvalue weighted by atomic mass is 35.5. The Labute approximate surface area is 119 Å². The summed E-state index contributed by atoms with van der Waals surface area (Å²) in [6.45, 7) is 7.82. The molecule has 1 saturated heterocycles. The van der Waals surface area contributed by atoms with Crippen LogP contribution in [-0.2, 0) is 18.2 Å². The van der Waals surface area contributed by atoms with Gasteiger partial charge in [0.2, 0.25) is 0 Å². The first-order valence-electron chi connectivity index (χ1n) is 6.80. The molecular formula is C13H23ClN4O. The van der Waals surface area contributed by atoms with Crippen molar-refractivity contribution in [2.45, 2.75) is 32.4 Å². The minimum absolute atomic E-state index is 0.0465. The third-order valence-corrected chi connectivity index (χ3v) is 4.28. The molecule has 2 atom stereocenters. The minimum atomic E-state index is -0.0465. The van der Waals surface area contributed by atoms with Gasteiger partial charge in [0.15, 0.2) is 0 Å². The highest BCUT2D eigenvalue weighted by molar-refractivity contribution is 6.30. The first kappa shape index (κ1) is 14.8. The summed E-state index contributed by atoms with van der Waals surface area (Å²) < 4.78 is 7.49. The lowest BCUT2D eigenvalue weighted by atomic mass is 10.0. The van der Waals surface area contributed by atoms with Crippen molar-refractivity contribution in [2.24, 2.45) is 12.8 Å². The first-order valence-corrected chi connectivity index (χ1v) is 7.18.